The molecule has 0 saturated carbocycles. The molecule has 26 heavy (non-hydrogen) atoms. The molecule has 148 valence electrons. The highest BCUT2D eigenvalue weighted by Gasteiger charge is 2.27. The molecule has 1 amide bonds. The van der Waals surface area contributed by atoms with Gasteiger partial charge in [-0.2, -0.15) is 0 Å². The predicted molar refractivity (Wildman–Crippen MR) is 113 cm³/mol. The third-order valence-electron chi connectivity index (χ3n) is 5.55. The van der Waals surface area contributed by atoms with E-state index in [1.54, 1.807) is 0 Å². The molecule has 5 heteroatoms. The number of piperidine rings is 1. The van der Waals surface area contributed by atoms with Crippen LogP contribution >= 0.6 is 12.4 Å². The Morgan fingerprint density at radius 2 is 1.88 bits per heavy atom. The summed E-state index contributed by atoms with van der Waals surface area (Å²) in [6.07, 6.45) is 3.63. The van der Waals surface area contributed by atoms with Gasteiger partial charge in [0.1, 0.15) is 0 Å². The molecule has 0 aromatic heterocycles. The Hall–Kier alpha value is -1.10. The standard InChI is InChI=1S/C21H35N3O.ClH/c1-15(2)19-8-6-7-16(3)20(19)23-21(25)17(4)24-13-10-18(11-14-24)9-12-22-5;/h6-8,15,17-18,22H,9-14H2,1-5H3,(H,23,25);1H. The van der Waals surface area contributed by atoms with Gasteiger partial charge < -0.3 is 10.6 Å². The third-order valence-corrected chi connectivity index (χ3v) is 5.55. The highest BCUT2D eigenvalue weighted by molar-refractivity contribution is 5.96. The molecule has 1 atom stereocenters. The summed E-state index contributed by atoms with van der Waals surface area (Å²) in [5, 5.41) is 6.45. The number of aryl methyl sites for hydroxylation is 1. The van der Waals surface area contributed by atoms with Gasteiger partial charge in [-0.05, 0) is 82.8 Å². The van der Waals surface area contributed by atoms with E-state index in [4.69, 9.17) is 0 Å². The lowest BCUT2D eigenvalue weighted by Crippen LogP contribution is -2.46. The van der Waals surface area contributed by atoms with Crippen LogP contribution in [0.15, 0.2) is 18.2 Å². The quantitative estimate of drug-likeness (QED) is 0.744. The van der Waals surface area contributed by atoms with E-state index in [1.807, 2.05) is 14.0 Å². The fourth-order valence-electron chi connectivity index (χ4n) is 3.71. The van der Waals surface area contributed by atoms with Gasteiger partial charge in [-0.1, -0.05) is 32.0 Å². The van der Waals surface area contributed by atoms with Gasteiger partial charge in [-0.25, -0.2) is 0 Å². The maximum atomic E-state index is 12.8. The first-order valence-electron chi connectivity index (χ1n) is 9.73. The van der Waals surface area contributed by atoms with Crippen LogP contribution in [0, 0.1) is 12.8 Å². The van der Waals surface area contributed by atoms with Crippen LogP contribution in [-0.2, 0) is 4.79 Å². The number of benzene rings is 1. The van der Waals surface area contributed by atoms with Crippen LogP contribution in [0.4, 0.5) is 5.69 Å². The highest BCUT2D eigenvalue weighted by Crippen LogP contribution is 2.28. The first-order valence-corrected chi connectivity index (χ1v) is 9.73. The Morgan fingerprint density at radius 1 is 1.23 bits per heavy atom. The smallest absolute Gasteiger partial charge is 0.241 e. The molecule has 1 aromatic carbocycles. The van der Waals surface area contributed by atoms with E-state index in [1.165, 1.54) is 24.8 Å². The molecule has 4 nitrogen and oxygen atoms in total. The van der Waals surface area contributed by atoms with E-state index < -0.39 is 0 Å². The van der Waals surface area contributed by atoms with E-state index in [0.29, 0.717) is 5.92 Å². The van der Waals surface area contributed by atoms with Crippen molar-refractivity contribution in [2.45, 2.75) is 58.9 Å². The van der Waals surface area contributed by atoms with Crippen LogP contribution < -0.4 is 10.6 Å². The molecule has 1 heterocycles. The largest absolute Gasteiger partial charge is 0.324 e. The van der Waals surface area contributed by atoms with Crippen LogP contribution in [-0.4, -0.2) is 43.5 Å². The van der Waals surface area contributed by atoms with Gasteiger partial charge in [-0.15, -0.1) is 12.4 Å². The molecule has 1 unspecified atom stereocenters. The van der Waals surface area contributed by atoms with E-state index >= 15 is 0 Å². The topological polar surface area (TPSA) is 44.4 Å². The van der Waals surface area contributed by atoms with Crippen molar-refractivity contribution in [3.05, 3.63) is 29.3 Å². The zero-order valence-electron chi connectivity index (χ0n) is 17.0. The average molecular weight is 382 g/mol. The minimum Gasteiger partial charge on any atom is -0.324 e. The lowest BCUT2D eigenvalue weighted by atomic mass is 9.92. The summed E-state index contributed by atoms with van der Waals surface area (Å²) in [7, 11) is 2.01. The maximum absolute atomic E-state index is 12.8. The molecule has 0 radical (unpaired) electrons. The SMILES string of the molecule is CNCCC1CCN(C(C)C(=O)Nc2c(C)cccc2C(C)C)CC1.Cl. The first kappa shape index (κ1) is 22.9. The van der Waals surface area contributed by atoms with E-state index in [2.05, 4.69) is 54.5 Å². The summed E-state index contributed by atoms with van der Waals surface area (Å²) in [5.41, 5.74) is 3.35. The van der Waals surface area contributed by atoms with Crippen molar-refractivity contribution in [3.8, 4) is 0 Å². The lowest BCUT2D eigenvalue weighted by molar-refractivity contribution is -0.121. The minimum atomic E-state index is -0.0788. The Kier molecular flexibility index (Phi) is 9.62. The van der Waals surface area contributed by atoms with Crippen molar-refractivity contribution in [3.63, 3.8) is 0 Å². The predicted octanol–water partition coefficient (Wildman–Crippen LogP) is 4.19. The van der Waals surface area contributed by atoms with Gasteiger partial charge in [0.25, 0.3) is 0 Å². The van der Waals surface area contributed by atoms with Crippen molar-refractivity contribution >= 4 is 24.0 Å². The molecule has 1 saturated heterocycles. The van der Waals surface area contributed by atoms with Crippen LogP contribution in [0.25, 0.3) is 0 Å². The lowest BCUT2D eigenvalue weighted by Gasteiger charge is -2.35. The van der Waals surface area contributed by atoms with Gasteiger partial charge in [0, 0.05) is 5.69 Å². The minimum absolute atomic E-state index is 0. The number of anilines is 1. The number of hydrogen-bond acceptors (Lipinski definition) is 3. The van der Waals surface area contributed by atoms with Crippen LogP contribution in [0.1, 0.15) is 57.1 Å². The summed E-state index contributed by atoms with van der Waals surface area (Å²) in [6.45, 7) is 11.6. The first-order chi connectivity index (χ1) is 11.9. The molecule has 0 spiro atoms. The molecule has 1 aliphatic rings. The molecular weight excluding hydrogens is 346 g/mol. The number of nitrogens with zero attached hydrogens (tertiary/aromatic N) is 1. The van der Waals surface area contributed by atoms with Gasteiger partial charge in [0.15, 0.2) is 0 Å². The van der Waals surface area contributed by atoms with E-state index in [0.717, 1.165) is 36.8 Å². The Morgan fingerprint density at radius 3 is 2.46 bits per heavy atom. The summed E-state index contributed by atoms with van der Waals surface area (Å²) < 4.78 is 0. The Labute approximate surface area is 165 Å². The molecule has 1 fully saturated rings. The van der Waals surface area contributed by atoms with Gasteiger partial charge in [0.05, 0.1) is 6.04 Å². The summed E-state index contributed by atoms with van der Waals surface area (Å²) in [4.78, 5) is 15.2. The zero-order valence-corrected chi connectivity index (χ0v) is 17.8. The molecule has 1 aliphatic heterocycles. The number of rotatable bonds is 7. The number of halogens is 1. The van der Waals surface area contributed by atoms with Gasteiger partial charge in [0.2, 0.25) is 5.91 Å². The average Bonchev–Trinajstić information content (AvgIpc) is 2.61. The normalized spacial score (nSPS) is 17.0. The van der Waals surface area contributed by atoms with Gasteiger partial charge >= 0.3 is 0 Å². The van der Waals surface area contributed by atoms with Crippen LogP contribution in [0.2, 0.25) is 0 Å². The second kappa shape index (κ2) is 10.9. The molecule has 0 bridgehead atoms. The fourth-order valence-corrected chi connectivity index (χ4v) is 3.71. The zero-order chi connectivity index (χ0) is 18.4. The number of amides is 1. The van der Waals surface area contributed by atoms with Crippen LogP contribution in [0.3, 0.4) is 0 Å². The second-order valence-corrected chi connectivity index (χ2v) is 7.73. The number of carbonyl (C=O) groups is 1. The number of hydrogen-bond donors (Lipinski definition) is 2. The van der Waals surface area contributed by atoms with E-state index in [9.17, 15) is 4.79 Å². The maximum Gasteiger partial charge on any atom is 0.241 e. The number of para-hydroxylation sites is 1. The monoisotopic (exact) mass is 381 g/mol. The van der Waals surface area contributed by atoms with E-state index in [-0.39, 0.29) is 24.4 Å². The highest BCUT2D eigenvalue weighted by atomic mass is 35.5. The number of carbonyl (C=O) groups excluding carboxylic acids is 1. The Balaban J connectivity index is 0.00000338. The number of likely N-dealkylation sites (tertiary alicyclic amines) is 1. The van der Waals surface area contributed by atoms with Crippen molar-refractivity contribution < 1.29 is 4.79 Å². The van der Waals surface area contributed by atoms with Crippen molar-refractivity contribution in [2.75, 3.05) is 32.0 Å². The van der Waals surface area contributed by atoms with Crippen LogP contribution in [0.5, 0.6) is 0 Å². The second-order valence-electron chi connectivity index (χ2n) is 7.73. The fraction of sp³-hybridized carbons (Fsp3) is 0.667. The van der Waals surface area contributed by atoms with Crippen molar-refractivity contribution in [1.82, 2.24) is 10.2 Å². The number of nitrogens with one attached hydrogen (secondary N) is 2. The van der Waals surface area contributed by atoms with Crippen molar-refractivity contribution in [1.29, 1.82) is 0 Å². The summed E-state index contributed by atoms with van der Waals surface area (Å²) in [5.74, 6) is 1.31. The molecular formula is C21H36ClN3O. The third kappa shape index (κ3) is 5.97. The Bertz CT molecular complexity index is 568. The molecule has 2 rings (SSSR count). The van der Waals surface area contributed by atoms with Crippen molar-refractivity contribution in [2.24, 2.45) is 5.92 Å². The summed E-state index contributed by atoms with van der Waals surface area (Å²) >= 11 is 0. The molecule has 0 aliphatic carbocycles. The summed E-state index contributed by atoms with van der Waals surface area (Å²) in [6, 6.07) is 6.18. The molecule has 1 aromatic rings. The molecule has 2 N–H and O–H groups in total. The van der Waals surface area contributed by atoms with Gasteiger partial charge in [-0.3, -0.25) is 9.69 Å².